The normalized spacial score (nSPS) is 29.2. The topological polar surface area (TPSA) is 85.2 Å². The number of hydrogen-bond donors (Lipinski definition) is 2. The summed E-state index contributed by atoms with van der Waals surface area (Å²) < 4.78 is 17.3. The van der Waals surface area contributed by atoms with Crippen molar-refractivity contribution in [2.75, 3.05) is 14.2 Å². The first kappa shape index (κ1) is 22.4. The maximum atomic E-state index is 13.4. The second kappa shape index (κ2) is 7.86. The number of benzene rings is 3. The van der Waals surface area contributed by atoms with Gasteiger partial charge in [-0.3, -0.25) is 4.79 Å². The third kappa shape index (κ3) is 2.85. The van der Waals surface area contributed by atoms with Gasteiger partial charge in [0.2, 0.25) is 0 Å². The van der Waals surface area contributed by atoms with Gasteiger partial charge in [-0.05, 0) is 54.3 Å². The fourth-order valence-electron chi connectivity index (χ4n) is 6.08. The van der Waals surface area contributed by atoms with Crippen molar-refractivity contribution in [1.82, 2.24) is 0 Å². The number of carbonyl (C=O) groups is 1. The molecule has 1 fully saturated rings. The van der Waals surface area contributed by atoms with E-state index in [-0.39, 0.29) is 0 Å². The lowest BCUT2D eigenvalue weighted by Crippen LogP contribution is -2.55. The van der Waals surface area contributed by atoms with Crippen LogP contribution in [-0.4, -0.2) is 36.5 Å². The molecule has 5 rings (SSSR count). The molecule has 0 amide bonds. The zero-order valence-corrected chi connectivity index (χ0v) is 19.6. The van der Waals surface area contributed by atoms with Gasteiger partial charge >= 0.3 is 5.97 Å². The van der Waals surface area contributed by atoms with Gasteiger partial charge in [-0.2, -0.15) is 0 Å². The summed E-state index contributed by atoms with van der Waals surface area (Å²) in [7, 11) is 2.88. The highest BCUT2D eigenvalue weighted by Gasteiger charge is 2.76. The van der Waals surface area contributed by atoms with Crippen molar-refractivity contribution in [3.63, 3.8) is 0 Å². The summed E-state index contributed by atoms with van der Waals surface area (Å²) in [5, 5.41) is 24.4. The van der Waals surface area contributed by atoms with Gasteiger partial charge < -0.3 is 24.4 Å². The maximum absolute atomic E-state index is 13.4. The summed E-state index contributed by atoms with van der Waals surface area (Å²) >= 11 is 0. The summed E-state index contributed by atoms with van der Waals surface area (Å²) in [6.07, 6.45) is -1.45. The minimum atomic E-state index is -1.93. The van der Waals surface area contributed by atoms with E-state index in [1.165, 1.54) is 7.11 Å². The zero-order chi connectivity index (χ0) is 24.3. The SMILES string of the molecule is COC(=O)[C@@H]1[C@@H](c2ccccc2)[C@]2(c3ccc(OC)cc3)Oc3cc(C)cc(C)c3[C@@]1(O)C2O. The van der Waals surface area contributed by atoms with Gasteiger partial charge in [0.1, 0.15) is 29.1 Å². The number of fused-ring (bicyclic) bond motifs is 4. The number of aliphatic hydroxyl groups is 2. The molecule has 2 aliphatic rings. The van der Waals surface area contributed by atoms with E-state index < -0.39 is 35.1 Å². The maximum Gasteiger partial charge on any atom is 0.312 e. The monoisotopic (exact) mass is 460 g/mol. The van der Waals surface area contributed by atoms with E-state index in [0.717, 1.165) is 16.7 Å². The van der Waals surface area contributed by atoms with E-state index in [0.29, 0.717) is 22.6 Å². The molecule has 1 unspecified atom stereocenters. The molecule has 0 saturated heterocycles. The van der Waals surface area contributed by atoms with Crippen LogP contribution in [-0.2, 0) is 20.7 Å². The molecule has 6 nitrogen and oxygen atoms in total. The van der Waals surface area contributed by atoms with Crippen molar-refractivity contribution < 1.29 is 29.2 Å². The van der Waals surface area contributed by atoms with Crippen LogP contribution in [0.5, 0.6) is 11.5 Å². The molecule has 1 heterocycles. The predicted octanol–water partition coefficient (Wildman–Crippen LogP) is 3.74. The van der Waals surface area contributed by atoms with Gasteiger partial charge in [0.05, 0.1) is 14.2 Å². The van der Waals surface area contributed by atoms with Crippen LogP contribution in [0.15, 0.2) is 66.7 Å². The first-order valence-corrected chi connectivity index (χ1v) is 11.3. The quantitative estimate of drug-likeness (QED) is 0.577. The molecular formula is C28H28O6. The van der Waals surface area contributed by atoms with Gasteiger partial charge in [-0.15, -0.1) is 0 Å². The molecule has 0 aromatic heterocycles. The molecule has 2 N–H and O–H groups in total. The van der Waals surface area contributed by atoms with Crippen LogP contribution < -0.4 is 9.47 Å². The number of methoxy groups -OCH3 is 2. The Hall–Kier alpha value is -3.35. The second-order valence-electron chi connectivity index (χ2n) is 9.20. The number of hydrogen-bond acceptors (Lipinski definition) is 6. The van der Waals surface area contributed by atoms with Crippen molar-refractivity contribution in [2.45, 2.75) is 37.1 Å². The predicted molar refractivity (Wildman–Crippen MR) is 126 cm³/mol. The summed E-state index contributed by atoms with van der Waals surface area (Å²) in [5.74, 6) is -1.36. The Morgan fingerprint density at radius 1 is 1.00 bits per heavy atom. The summed E-state index contributed by atoms with van der Waals surface area (Å²) in [6.45, 7) is 3.80. The average molecular weight is 461 g/mol. The second-order valence-corrected chi connectivity index (χ2v) is 9.20. The lowest BCUT2D eigenvalue weighted by molar-refractivity contribution is -0.172. The van der Waals surface area contributed by atoms with Gasteiger partial charge in [0.15, 0.2) is 5.60 Å². The molecule has 6 heteroatoms. The van der Waals surface area contributed by atoms with Crippen LogP contribution in [0.2, 0.25) is 0 Å². The number of esters is 1. The first-order valence-electron chi connectivity index (χ1n) is 11.3. The van der Waals surface area contributed by atoms with Crippen LogP contribution in [0, 0.1) is 19.8 Å². The van der Waals surface area contributed by atoms with E-state index in [1.54, 1.807) is 19.2 Å². The molecule has 1 aliphatic heterocycles. The lowest BCUT2D eigenvalue weighted by Gasteiger charge is -2.45. The minimum absolute atomic E-state index is 0.420. The highest BCUT2D eigenvalue weighted by Crippen LogP contribution is 2.67. The van der Waals surface area contributed by atoms with Crippen molar-refractivity contribution in [3.05, 3.63) is 94.5 Å². The zero-order valence-electron chi connectivity index (χ0n) is 19.6. The Bertz CT molecular complexity index is 1240. The van der Waals surface area contributed by atoms with Gasteiger partial charge in [0, 0.05) is 11.5 Å². The van der Waals surface area contributed by atoms with Crippen LogP contribution in [0.25, 0.3) is 0 Å². The van der Waals surface area contributed by atoms with Crippen LogP contribution in [0.3, 0.4) is 0 Å². The van der Waals surface area contributed by atoms with Crippen LogP contribution in [0.1, 0.15) is 33.7 Å². The van der Waals surface area contributed by atoms with Crippen LogP contribution in [0.4, 0.5) is 0 Å². The molecule has 3 aromatic rings. The van der Waals surface area contributed by atoms with E-state index >= 15 is 0 Å². The van der Waals surface area contributed by atoms with Gasteiger partial charge in [-0.1, -0.05) is 48.5 Å². The Morgan fingerprint density at radius 2 is 1.68 bits per heavy atom. The Kier molecular flexibility index (Phi) is 5.19. The fourth-order valence-corrected chi connectivity index (χ4v) is 6.08. The molecule has 2 bridgehead atoms. The standard InChI is InChI=1S/C28H28O6/c1-16-14-17(2)22-21(15-16)34-28(19-10-12-20(32-3)13-11-19)23(18-8-6-5-7-9-18)24(25(29)33-4)27(22,31)26(28)30/h5-15,23-24,26,30-31H,1-4H3/t23-,24+,26?,27+,28+/m1/s1. The van der Waals surface area contributed by atoms with E-state index in [2.05, 4.69) is 0 Å². The molecule has 0 spiro atoms. The highest BCUT2D eigenvalue weighted by molar-refractivity contribution is 5.79. The average Bonchev–Trinajstić information content (AvgIpc) is 2.96. The molecule has 5 atom stereocenters. The van der Waals surface area contributed by atoms with Crippen LogP contribution >= 0.6 is 0 Å². The summed E-state index contributed by atoms with van der Waals surface area (Å²) in [6, 6.07) is 20.3. The fraction of sp³-hybridized carbons (Fsp3) is 0.321. The lowest BCUT2D eigenvalue weighted by atomic mass is 9.75. The number of rotatable bonds is 4. The highest BCUT2D eigenvalue weighted by atomic mass is 16.5. The summed E-state index contributed by atoms with van der Waals surface area (Å²) in [4.78, 5) is 13.4. The summed E-state index contributed by atoms with van der Waals surface area (Å²) in [5.41, 5.74) is 0.112. The van der Waals surface area contributed by atoms with E-state index in [4.69, 9.17) is 14.2 Å². The smallest absolute Gasteiger partial charge is 0.312 e. The molecule has 3 aromatic carbocycles. The number of ether oxygens (including phenoxy) is 3. The molecule has 1 saturated carbocycles. The Morgan fingerprint density at radius 3 is 2.29 bits per heavy atom. The van der Waals surface area contributed by atoms with Gasteiger partial charge in [0.25, 0.3) is 0 Å². The minimum Gasteiger partial charge on any atom is -0.497 e. The number of aliphatic hydroxyl groups excluding tert-OH is 1. The Labute approximate surface area is 198 Å². The van der Waals surface area contributed by atoms with Crippen molar-refractivity contribution in [3.8, 4) is 11.5 Å². The molecule has 176 valence electrons. The van der Waals surface area contributed by atoms with E-state index in [9.17, 15) is 15.0 Å². The largest absolute Gasteiger partial charge is 0.497 e. The molecule has 1 aliphatic carbocycles. The van der Waals surface area contributed by atoms with E-state index in [1.807, 2.05) is 68.4 Å². The Balaban J connectivity index is 1.88. The molecule has 0 radical (unpaired) electrons. The number of aryl methyl sites for hydroxylation is 2. The molecule has 34 heavy (non-hydrogen) atoms. The number of carbonyl (C=O) groups excluding carboxylic acids is 1. The first-order chi connectivity index (χ1) is 16.3. The van der Waals surface area contributed by atoms with Crippen molar-refractivity contribution in [1.29, 1.82) is 0 Å². The molecular weight excluding hydrogens is 432 g/mol. The third-order valence-electron chi connectivity index (χ3n) is 7.37. The van der Waals surface area contributed by atoms with Gasteiger partial charge in [-0.25, -0.2) is 0 Å². The van der Waals surface area contributed by atoms with Crippen molar-refractivity contribution >= 4 is 5.97 Å². The van der Waals surface area contributed by atoms with Crippen molar-refractivity contribution in [2.24, 2.45) is 5.92 Å². The third-order valence-corrected chi connectivity index (χ3v) is 7.37.